The van der Waals surface area contributed by atoms with E-state index in [1.54, 1.807) is 29.2 Å². The monoisotopic (exact) mass is 600 g/mol. The number of amides is 1. The predicted octanol–water partition coefficient (Wildman–Crippen LogP) is 6.10. The Morgan fingerprint density at radius 2 is 1.93 bits per heavy atom. The molecule has 0 spiro atoms. The van der Waals surface area contributed by atoms with Crippen LogP contribution in [0.5, 0.6) is 5.75 Å². The Labute approximate surface area is 253 Å². The smallest absolute Gasteiger partial charge is 0.234 e. The van der Waals surface area contributed by atoms with Crippen molar-refractivity contribution in [2.75, 3.05) is 22.6 Å². The highest BCUT2D eigenvalue weighted by atomic mass is 32.2. The van der Waals surface area contributed by atoms with Crippen LogP contribution in [0, 0.1) is 11.3 Å². The minimum Gasteiger partial charge on any atom is -0.494 e. The number of allylic oxidation sites excluding steroid dienone is 3. The van der Waals surface area contributed by atoms with E-state index in [0.717, 1.165) is 17.0 Å². The molecule has 2 heterocycles. The van der Waals surface area contributed by atoms with Crippen LogP contribution in [0.2, 0.25) is 0 Å². The Kier molecular flexibility index (Phi) is 8.94. The van der Waals surface area contributed by atoms with Crippen molar-refractivity contribution in [1.82, 2.24) is 10.2 Å². The highest BCUT2D eigenvalue weighted by molar-refractivity contribution is 8.01. The van der Waals surface area contributed by atoms with Crippen molar-refractivity contribution in [3.8, 4) is 11.8 Å². The van der Waals surface area contributed by atoms with Gasteiger partial charge in [-0.15, -0.1) is 10.2 Å². The van der Waals surface area contributed by atoms with Crippen LogP contribution in [0.4, 0.5) is 10.8 Å². The van der Waals surface area contributed by atoms with Crippen LogP contribution in [0.15, 0.2) is 75.5 Å². The van der Waals surface area contributed by atoms with Crippen molar-refractivity contribution < 1.29 is 14.3 Å². The molecule has 11 heteroatoms. The Bertz CT molecular complexity index is 1590. The fraction of sp³-hybridized carbons (Fsp3) is 0.323. The number of Topliss-reactive ketones (excluding diaryl/α,β-unsaturated/α-hetero) is 1. The summed E-state index contributed by atoms with van der Waals surface area (Å²) in [6.07, 6.45) is 1.74. The molecule has 1 aromatic heterocycles. The zero-order valence-corrected chi connectivity index (χ0v) is 25.3. The topological polar surface area (TPSA) is 134 Å². The molecule has 0 fully saturated rings. The summed E-state index contributed by atoms with van der Waals surface area (Å²) < 4.78 is 6.02. The largest absolute Gasteiger partial charge is 0.494 e. The third-order valence-corrected chi connectivity index (χ3v) is 9.25. The van der Waals surface area contributed by atoms with Crippen molar-refractivity contribution in [3.63, 3.8) is 0 Å². The van der Waals surface area contributed by atoms with Crippen LogP contribution in [-0.2, 0) is 9.59 Å². The lowest BCUT2D eigenvalue weighted by Crippen LogP contribution is -2.38. The molecule has 0 saturated heterocycles. The van der Waals surface area contributed by atoms with Gasteiger partial charge >= 0.3 is 0 Å². The number of nitriles is 1. The number of benzene rings is 2. The number of anilines is 2. The van der Waals surface area contributed by atoms with E-state index >= 15 is 0 Å². The maximum atomic E-state index is 13.4. The summed E-state index contributed by atoms with van der Waals surface area (Å²) in [6, 6.07) is 17.6. The third kappa shape index (κ3) is 6.05. The summed E-state index contributed by atoms with van der Waals surface area (Å²) >= 11 is 2.53. The van der Waals surface area contributed by atoms with Crippen molar-refractivity contribution >= 4 is 45.6 Å². The van der Waals surface area contributed by atoms with Gasteiger partial charge in [0.2, 0.25) is 11.0 Å². The second kappa shape index (κ2) is 12.8. The van der Waals surface area contributed by atoms with Gasteiger partial charge in [-0.3, -0.25) is 14.5 Å². The number of ketones is 1. The summed E-state index contributed by atoms with van der Waals surface area (Å²) in [7, 11) is 0. The zero-order chi connectivity index (χ0) is 29.8. The Hall–Kier alpha value is -4.14. The number of aromatic nitrogens is 2. The molecule has 3 aromatic rings. The van der Waals surface area contributed by atoms with E-state index in [9.17, 15) is 14.9 Å². The molecule has 1 atom stereocenters. The van der Waals surface area contributed by atoms with Crippen molar-refractivity contribution in [3.05, 3.63) is 82.3 Å². The number of nitrogens with zero attached hydrogens (tertiary/aromatic N) is 4. The van der Waals surface area contributed by atoms with Crippen LogP contribution in [0.1, 0.15) is 63.0 Å². The normalized spacial score (nSPS) is 16.9. The van der Waals surface area contributed by atoms with Crippen molar-refractivity contribution in [2.24, 2.45) is 5.73 Å². The maximum absolute atomic E-state index is 13.4. The average molecular weight is 601 g/mol. The molecule has 9 nitrogen and oxygen atoms in total. The van der Waals surface area contributed by atoms with E-state index in [0.29, 0.717) is 58.1 Å². The molecule has 1 aliphatic carbocycles. The first-order chi connectivity index (χ1) is 20.3. The number of hydrogen-bond acceptors (Lipinski definition) is 10. The lowest BCUT2D eigenvalue weighted by molar-refractivity contribution is -0.116. The molecule has 0 bridgehead atoms. The summed E-state index contributed by atoms with van der Waals surface area (Å²) in [5.74, 6) is 0.810. The maximum Gasteiger partial charge on any atom is 0.234 e. The van der Waals surface area contributed by atoms with Gasteiger partial charge in [0.05, 0.1) is 29.9 Å². The van der Waals surface area contributed by atoms with Gasteiger partial charge in [-0.1, -0.05) is 61.2 Å². The van der Waals surface area contributed by atoms with Crippen LogP contribution in [-0.4, -0.2) is 34.2 Å². The second-order valence-corrected chi connectivity index (χ2v) is 12.5. The van der Waals surface area contributed by atoms with E-state index in [1.807, 2.05) is 31.2 Å². The molecule has 0 radical (unpaired) electrons. The lowest BCUT2D eigenvalue weighted by atomic mass is 9.75. The minimum absolute atomic E-state index is 0.0181. The van der Waals surface area contributed by atoms with Crippen LogP contribution >= 0.6 is 23.1 Å². The van der Waals surface area contributed by atoms with Crippen molar-refractivity contribution in [2.45, 2.75) is 56.2 Å². The molecule has 1 aliphatic heterocycles. The van der Waals surface area contributed by atoms with E-state index in [-0.39, 0.29) is 23.3 Å². The lowest BCUT2D eigenvalue weighted by Gasteiger charge is -2.38. The molecular formula is C31H32N6O3S2. The molecule has 5 rings (SSSR count). The Morgan fingerprint density at radius 3 is 2.60 bits per heavy atom. The van der Waals surface area contributed by atoms with Gasteiger partial charge in [0.1, 0.15) is 11.6 Å². The zero-order valence-electron chi connectivity index (χ0n) is 23.7. The third-order valence-electron chi connectivity index (χ3n) is 7.21. The Balaban J connectivity index is 1.37. The summed E-state index contributed by atoms with van der Waals surface area (Å²) in [5, 5.41) is 22.2. The first-order valence-corrected chi connectivity index (χ1v) is 15.7. The molecule has 1 amide bonds. The van der Waals surface area contributed by atoms with Gasteiger partial charge in [0.15, 0.2) is 10.1 Å². The highest BCUT2D eigenvalue weighted by Crippen LogP contribution is 2.47. The number of carbonyl (C=O) groups is 2. The van der Waals surface area contributed by atoms with Gasteiger partial charge in [-0.2, -0.15) is 5.26 Å². The quantitative estimate of drug-likeness (QED) is 0.280. The molecule has 2 aromatic carbocycles. The highest BCUT2D eigenvalue weighted by Gasteiger charge is 2.41. The number of hydrogen-bond donors (Lipinski definition) is 2. The molecular weight excluding hydrogens is 569 g/mol. The first kappa shape index (κ1) is 29.4. The van der Waals surface area contributed by atoms with Gasteiger partial charge in [0, 0.05) is 23.4 Å². The molecule has 42 heavy (non-hydrogen) atoms. The fourth-order valence-electron chi connectivity index (χ4n) is 5.19. The number of carbonyl (C=O) groups excluding carboxylic acids is 2. The van der Waals surface area contributed by atoms with Crippen LogP contribution in [0.3, 0.4) is 0 Å². The summed E-state index contributed by atoms with van der Waals surface area (Å²) in [5.41, 5.74) is 11.1. The van der Waals surface area contributed by atoms with E-state index in [4.69, 9.17) is 10.5 Å². The molecule has 3 N–H and O–H groups in total. The summed E-state index contributed by atoms with van der Waals surface area (Å²) in [4.78, 5) is 27.7. The number of thioether (sulfide) groups is 1. The SMILES string of the molecule is CCOc1ccc(NC(=O)CSc2nnc(N3C(N)=C(C#N)C(c4ccc(C(C)C)cc4)C4=C3CCCC4=O)s2)cc1. The predicted molar refractivity (Wildman–Crippen MR) is 165 cm³/mol. The molecule has 0 saturated carbocycles. The van der Waals surface area contributed by atoms with E-state index < -0.39 is 5.92 Å². The van der Waals surface area contributed by atoms with Crippen LogP contribution in [0.25, 0.3) is 0 Å². The van der Waals surface area contributed by atoms with Gasteiger partial charge in [0.25, 0.3) is 0 Å². The standard InChI is InChI=1S/C31H32N6O3S2/c1-4-40-22-14-12-21(13-15-22)34-26(39)17-41-31-36-35-30(42-31)37-24-6-5-7-25(38)28(24)27(23(16-32)29(37)33)20-10-8-19(9-11-20)18(2)3/h8-15,18,27H,4-7,17,33H2,1-3H3,(H,34,39). The summed E-state index contributed by atoms with van der Waals surface area (Å²) in [6.45, 7) is 6.74. The first-order valence-electron chi connectivity index (χ1n) is 13.9. The average Bonchev–Trinajstić information content (AvgIpc) is 3.45. The number of nitrogens with one attached hydrogen (secondary N) is 1. The number of ether oxygens (including phenoxy) is 1. The second-order valence-electron chi connectivity index (χ2n) is 10.3. The Morgan fingerprint density at radius 1 is 1.19 bits per heavy atom. The van der Waals surface area contributed by atoms with E-state index in [2.05, 4.69) is 35.4 Å². The molecule has 1 unspecified atom stereocenters. The number of rotatable bonds is 9. The van der Waals surface area contributed by atoms with Gasteiger partial charge in [-0.05, 0) is 61.1 Å². The fourth-order valence-corrected chi connectivity index (χ4v) is 6.87. The molecule has 216 valence electrons. The molecule has 2 aliphatic rings. The van der Waals surface area contributed by atoms with E-state index in [1.165, 1.54) is 28.7 Å². The van der Waals surface area contributed by atoms with Crippen LogP contribution < -0.4 is 20.7 Å². The number of nitrogens with two attached hydrogens (primary N) is 1. The minimum atomic E-state index is -0.525. The van der Waals surface area contributed by atoms with Gasteiger partial charge < -0.3 is 15.8 Å². The van der Waals surface area contributed by atoms with Crippen molar-refractivity contribution in [1.29, 1.82) is 5.26 Å². The van der Waals surface area contributed by atoms with Gasteiger partial charge in [-0.25, -0.2) is 0 Å².